The van der Waals surface area contributed by atoms with Gasteiger partial charge in [-0.3, -0.25) is 14.9 Å². The van der Waals surface area contributed by atoms with Crippen molar-refractivity contribution in [2.75, 3.05) is 5.32 Å². The Balaban J connectivity index is 1.59. The number of anilines is 1. The van der Waals surface area contributed by atoms with Crippen LogP contribution in [0.1, 0.15) is 26.4 Å². The van der Waals surface area contributed by atoms with Crippen molar-refractivity contribution in [1.29, 1.82) is 0 Å². The van der Waals surface area contributed by atoms with Crippen LogP contribution in [-0.4, -0.2) is 16.8 Å². The lowest BCUT2D eigenvalue weighted by molar-refractivity contribution is 0.0945. The van der Waals surface area contributed by atoms with Crippen molar-refractivity contribution >= 4 is 39.9 Å². The van der Waals surface area contributed by atoms with Crippen molar-refractivity contribution in [2.24, 2.45) is 0 Å². The third-order valence-electron chi connectivity index (χ3n) is 3.36. The highest BCUT2D eigenvalue weighted by molar-refractivity contribution is 7.14. The summed E-state index contributed by atoms with van der Waals surface area (Å²) in [6.07, 6.45) is 0. The normalized spacial score (nSPS) is 10.3. The average Bonchev–Trinajstić information content (AvgIpc) is 3.09. The zero-order chi connectivity index (χ0) is 17.6. The highest BCUT2D eigenvalue weighted by Gasteiger charge is 2.13. The number of carbonyl (C=O) groups is 2. The maximum absolute atomic E-state index is 12.1. The van der Waals surface area contributed by atoms with Crippen LogP contribution in [-0.2, 0) is 6.54 Å². The molecule has 0 unspecified atom stereocenters. The first kappa shape index (κ1) is 17.1. The molecule has 1 heterocycles. The summed E-state index contributed by atoms with van der Waals surface area (Å²) in [6.45, 7) is 0.420. The monoisotopic (exact) mass is 371 g/mol. The van der Waals surface area contributed by atoms with E-state index in [1.165, 1.54) is 11.3 Å². The van der Waals surface area contributed by atoms with Crippen LogP contribution >= 0.6 is 22.9 Å². The summed E-state index contributed by atoms with van der Waals surface area (Å²) in [5.41, 5.74) is 1.74. The van der Waals surface area contributed by atoms with Gasteiger partial charge in [-0.1, -0.05) is 41.9 Å². The Hall–Kier alpha value is -2.70. The Kier molecular flexibility index (Phi) is 5.42. The number of nitrogens with zero attached hydrogens (tertiary/aromatic N) is 1. The predicted molar refractivity (Wildman–Crippen MR) is 99.1 cm³/mol. The van der Waals surface area contributed by atoms with Crippen LogP contribution in [0.2, 0.25) is 5.02 Å². The number of thiazole rings is 1. The summed E-state index contributed by atoms with van der Waals surface area (Å²) >= 11 is 7.00. The van der Waals surface area contributed by atoms with E-state index >= 15 is 0 Å². The van der Waals surface area contributed by atoms with E-state index in [-0.39, 0.29) is 17.5 Å². The van der Waals surface area contributed by atoms with Gasteiger partial charge in [0.2, 0.25) is 0 Å². The number of halogens is 1. The van der Waals surface area contributed by atoms with Crippen LogP contribution in [0.4, 0.5) is 5.13 Å². The minimum atomic E-state index is -0.303. The van der Waals surface area contributed by atoms with Crippen LogP contribution in [0.25, 0.3) is 0 Å². The molecule has 0 saturated carbocycles. The van der Waals surface area contributed by atoms with Gasteiger partial charge >= 0.3 is 0 Å². The molecule has 3 rings (SSSR count). The molecule has 126 valence electrons. The zero-order valence-corrected chi connectivity index (χ0v) is 14.6. The summed E-state index contributed by atoms with van der Waals surface area (Å²) in [5.74, 6) is -0.589. The van der Waals surface area contributed by atoms with Crippen LogP contribution in [0.5, 0.6) is 0 Å². The molecular formula is C18H14ClN3O2S. The number of carbonyl (C=O) groups excluding carboxylic acids is 2. The summed E-state index contributed by atoms with van der Waals surface area (Å²) in [7, 11) is 0. The zero-order valence-electron chi connectivity index (χ0n) is 13.0. The van der Waals surface area contributed by atoms with Gasteiger partial charge < -0.3 is 5.32 Å². The van der Waals surface area contributed by atoms with Crippen molar-refractivity contribution in [1.82, 2.24) is 10.3 Å². The fraction of sp³-hybridized carbons (Fsp3) is 0.0556. The third kappa shape index (κ3) is 4.65. The number of aromatic nitrogens is 1. The molecule has 0 atom stereocenters. The van der Waals surface area contributed by atoms with Gasteiger partial charge in [-0.15, -0.1) is 11.3 Å². The molecule has 0 radical (unpaired) electrons. The fourth-order valence-corrected chi connectivity index (χ4v) is 2.89. The van der Waals surface area contributed by atoms with E-state index in [1.54, 1.807) is 29.6 Å². The third-order valence-corrected chi connectivity index (χ3v) is 4.37. The Morgan fingerprint density at radius 2 is 1.72 bits per heavy atom. The molecule has 0 bridgehead atoms. The molecular weight excluding hydrogens is 358 g/mol. The van der Waals surface area contributed by atoms with Gasteiger partial charge in [-0.2, -0.15) is 0 Å². The van der Waals surface area contributed by atoms with Gasteiger partial charge in [0.1, 0.15) is 5.69 Å². The molecule has 0 aliphatic heterocycles. The van der Waals surface area contributed by atoms with E-state index in [4.69, 9.17) is 11.6 Å². The molecule has 0 aliphatic carbocycles. The van der Waals surface area contributed by atoms with E-state index in [1.807, 2.05) is 30.3 Å². The molecule has 1 aromatic heterocycles. The number of hydrogen-bond donors (Lipinski definition) is 2. The molecule has 0 saturated heterocycles. The van der Waals surface area contributed by atoms with Crippen LogP contribution in [0, 0.1) is 0 Å². The second-order valence-corrected chi connectivity index (χ2v) is 6.46. The number of nitrogens with one attached hydrogen (secondary N) is 2. The standard InChI is InChI=1S/C18H14ClN3O2S/c19-14-8-6-13(7-9-14)16(23)22-18-21-15(11-25-18)17(24)20-10-12-4-2-1-3-5-12/h1-9,11H,10H2,(H,20,24)(H,21,22,23). The second-order valence-electron chi connectivity index (χ2n) is 5.17. The maximum Gasteiger partial charge on any atom is 0.271 e. The lowest BCUT2D eigenvalue weighted by Gasteiger charge is -2.03. The molecule has 25 heavy (non-hydrogen) atoms. The van der Waals surface area contributed by atoms with Gasteiger partial charge in [-0.25, -0.2) is 4.98 Å². The van der Waals surface area contributed by atoms with Gasteiger partial charge in [0, 0.05) is 22.5 Å². The summed E-state index contributed by atoms with van der Waals surface area (Å²) in [6, 6.07) is 16.1. The van der Waals surface area contributed by atoms with E-state index in [2.05, 4.69) is 15.6 Å². The van der Waals surface area contributed by atoms with Crippen LogP contribution in [0.3, 0.4) is 0 Å². The van der Waals surface area contributed by atoms with Crippen molar-refractivity contribution in [3.05, 3.63) is 81.8 Å². The molecule has 0 aliphatic rings. The lowest BCUT2D eigenvalue weighted by Crippen LogP contribution is -2.23. The summed E-state index contributed by atoms with van der Waals surface area (Å²) < 4.78 is 0. The van der Waals surface area contributed by atoms with Gasteiger partial charge in [0.15, 0.2) is 5.13 Å². The highest BCUT2D eigenvalue weighted by Crippen LogP contribution is 2.17. The molecule has 0 fully saturated rings. The smallest absolute Gasteiger partial charge is 0.271 e. The number of benzene rings is 2. The Labute approximate surface area is 153 Å². The van der Waals surface area contributed by atoms with E-state index in [0.717, 1.165) is 5.56 Å². The Morgan fingerprint density at radius 3 is 2.44 bits per heavy atom. The Morgan fingerprint density at radius 1 is 1.00 bits per heavy atom. The minimum Gasteiger partial charge on any atom is -0.347 e. The minimum absolute atomic E-state index is 0.271. The van der Waals surface area contributed by atoms with E-state index < -0.39 is 0 Å². The first-order chi connectivity index (χ1) is 12.1. The number of hydrogen-bond acceptors (Lipinski definition) is 4. The number of rotatable bonds is 5. The maximum atomic E-state index is 12.1. The first-order valence-electron chi connectivity index (χ1n) is 7.46. The molecule has 5 nitrogen and oxygen atoms in total. The molecule has 2 amide bonds. The molecule has 3 aromatic rings. The van der Waals surface area contributed by atoms with Gasteiger partial charge in [0.05, 0.1) is 0 Å². The Bertz CT molecular complexity index is 879. The summed E-state index contributed by atoms with van der Waals surface area (Å²) in [4.78, 5) is 28.4. The molecule has 0 spiro atoms. The van der Waals surface area contributed by atoms with Crippen LogP contribution < -0.4 is 10.6 Å². The fourth-order valence-electron chi connectivity index (χ4n) is 2.07. The summed E-state index contributed by atoms with van der Waals surface area (Å²) in [5, 5.41) is 8.00. The highest BCUT2D eigenvalue weighted by atomic mass is 35.5. The number of amides is 2. The van der Waals surface area contributed by atoms with E-state index in [0.29, 0.717) is 22.3 Å². The van der Waals surface area contributed by atoms with Crippen molar-refractivity contribution in [2.45, 2.75) is 6.54 Å². The first-order valence-corrected chi connectivity index (χ1v) is 8.72. The largest absolute Gasteiger partial charge is 0.347 e. The van der Waals surface area contributed by atoms with Gasteiger partial charge in [-0.05, 0) is 29.8 Å². The topological polar surface area (TPSA) is 71.1 Å². The second kappa shape index (κ2) is 7.92. The molecule has 2 N–H and O–H groups in total. The predicted octanol–water partition coefficient (Wildman–Crippen LogP) is 3.98. The molecule has 7 heteroatoms. The lowest BCUT2D eigenvalue weighted by atomic mass is 10.2. The van der Waals surface area contributed by atoms with Gasteiger partial charge in [0.25, 0.3) is 11.8 Å². The average molecular weight is 372 g/mol. The molecule has 2 aromatic carbocycles. The quantitative estimate of drug-likeness (QED) is 0.712. The van der Waals surface area contributed by atoms with Crippen molar-refractivity contribution in [3.8, 4) is 0 Å². The SMILES string of the molecule is O=C(Nc1nc(C(=O)NCc2ccccc2)cs1)c1ccc(Cl)cc1. The van der Waals surface area contributed by atoms with Crippen LogP contribution in [0.15, 0.2) is 60.0 Å². The van der Waals surface area contributed by atoms with E-state index in [9.17, 15) is 9.59 Å². The van der Waals surface area contributed by atoms with Crippen molar-refractivity contribution in [3.63, 3.8) is 0 Å². The van der Waals surface area contributed by atoms with Crippen molar-refractivity contribution < 1.29 is 9.59 Å².